The van der Waals surface area contributed by atoms with E-state index in [2.05, 4.69) is 17.1 Å². The van der Waals surface area contributed by atoms with E-state index in [9.17, 15) is 9.59 Å². The second-order valence-corrected chi connectivity index (χ2v) is 9.26. The monoisotopic (exact) mass is 408 g/mol. The fraction of sp³-hybridized carbons (Fsp3) is 0.714. The highest BCUT2D eigenvalue weighted by Crippen LogP contribution is 2.40. The zero-order valence-electron chi connectivity index (χ0n) is 17.5. The van der Waals surface area contributed by atoms with Crippen LogP contribution in [0.1, 0.15) is 61.8 Å². The van der Waals surface area contributed by atoms with Crippen LogP contribution in [0.3, 0.4) is 0 Å². The molecule has 0 bridgehead atoms. The molecule has 1 N–H and O–H groups in total. The van der Waals surface area contributed by atoms with Gasteiger partial charge in [0.25, 0.3) is 0 Å². The Morgan fingerprint density at radius 3 is 2.61 bits per heavy atom. The molecule has 0 saturated carbocycles. The van der Waals surface area contributed by atoms with Crippen LogP contribution < -0.4 is 5.32 Å². The Bertz CT molecular complexity index is 722. The fourth-order valence-electron chi connectivity index (χ4n) is 4.17. The smallest absolute Gasteiger partial charge is 0.341 e. The number of nitrogens with one attached hydrogen (secondary N) is 1. The maximum Gasteiger partial charge on any atom is 0.341 e. The van der Waals surface area contributed by atoms with Crippen molar-refractivity contribution in [3.63, 3.8) is 0 Å². The summed E-state index contributed by atoms with van der Waals surface area (Å²) in [5.74, 6) is 0.185. The summed E-state index contributed by atoms with van der Waals surface area (Å²) in [5.41, 5.74) is 1.64. The first-order valence-electron chi connectivity index (χ1n) is 10.3. The number of fused-ring (bicyclic) bond motifs is 1. The highest BCUT2D eigenvalue weighted by Gasteiger charge is 2.32. The third-order valence-corrected chi connectivity index (χ3v) is 6.77. The number of ether oxygens (including phenoxy) is 2. The molecular formula is C21H32N2O4S. The van der Waals surface area contributed by atoms with Crippen LogP contribution in [0.25, 0.3) is 0 Å². The molecule has 2 heterocycles. The van der Waals surface area contributed by atoms with Gasteiger partial charge >= 0.3 is 5.97 Å². The normalized spacial score (nSPS) is 26.4. The Balaban J connectivity index is 1.80. The van der Waals surface area contributed by atoms with Gasteiger partial charge in [0.15, 0.2) is 0 Å². The van der Waals surface area contributed by atoms with Crippen molar-refractivity contribution in [2.75, 3.05) is 25.0 Å². The second kappa shape index (κ2) is 8.93. The van der Waals surface area contributed by atoms with Gasteiger partial charge in [-0.3, -0.25) is 9.69 Å². The van der Waals surface area contributed by atoms with Crippen LogP contribution in [0, 0.1) is 5.92 Å². The number of morpholine rings is 1. The van der Waals surface area contributed by atoms with Gasteiger partial charge in [-0.25, -0.2) is 4.79 Å². The van der Waals surface area contributed by atoms with Crippen LogP contribution in [0.4, 0.5) is 5.00 Å². The number of hydrogen-bond donors (Lipinski definition) is 1. The summed E-state index contributed by atoms with van der Waals surface area (Å²) in [6, 6.07) is -0.290. The van der Waals surface area contributed by atoms with Crippen molar-refractivity contribution in [3.8, 4) is 0 Å². The Morgan fingerprint density at radius 2 is 1.96 bits per heavy atom. The summed E-state index contributed by atoms with van der Waals surface area (Å²) in [6.07, 6.45) is 3.08. The van der Waals surface area contributed by atoms with Gasteiger partial charge < -0.3 is 14.8 Å². The van der Waals surface area contributed by atoms with Gasteiger partial charge in [0.2, 0.25) is 5.91 Å². The van der Waals surface area contributed by atoms with E-state index >= 15 is 0 Å². The van der Waals surface area contributed by atoms with Gasteiger partial charge in [-0.1, -0.05) is 6.92 Å². The van der Waals surface area contributed by atoms with Crippen molar-refractivity contribution in [1.82, 2.24) is 4.90 Å². The molecule has 156 valence electrons. The molecule has 7 heteroatoms. The summed E-state index contributed by atoms with van der Waals surface area (Å²) in [7, 11) is 0. The van der Waals surface area contributed by atoms with Gasteiger partial charge in [-0.2, -0.15) is 0 Å². The van der Waals surface area contributed by atoms with Crippen molar-refractivity contribution < 1.29 is 19.1 Å². The molecule has 2 aliphatic rings. The van der Waals surface area contributed by atoms with E-state index in [0.29, 0.717) is 23.1 Å². The van der Waals surface area contributed by atoms with Crippen LogP contribution >= 0.6 is 11.3 Å². The molecule has 0 aromatic carbocycles. The fourth-order valence-corrected chi connectivity index (χ4v) is 5.58. The van der Waals surface area contributed by atoms with Gasteiger partial charge in [0.1, 0.15) is 5.00 Å². The molecule has 1 fully saturated rings. The average molecular weight is 409 g/mol. The molecule has 1 aromatic heterocycles. The van der Waals surface area contributed by atoms with Crippen molar-refractivity contribution in [2.24, 2.45) is 5.92 Å². The summed E-state index contributed by atoms with van der Waals surface area (Å²) < 4.78 is 11.1. The number of carbonyl (C=O) groups is 2. The van der Waals surface area contributed by atoms with Crippen molar-refractivity contribution >= 4 is 28.2 Å². The minimum Gasteiger partial charge on any atom is -0.462 e. The molecule has 0 unspecified atom stereocenters. The zero-order chi connectivity index (χ0) is 20.4. The predicted molar refractivity (Wildman–Crippen MR) is 111 cm³/mol. The van der Waals surface area contributed by atoms with Gasteiger partial charge in [0, 0.05) is 18.0 Å². The van der Waals surface area contributed by atoms with E-state index in [0.717, 1.165) is 37.9 Å². The molecule has 0 spiro atoms. The minimum absolute atomic E-state index is 0.0847. The third kappa shape index (κ3) is 4.58. The lowest BCUT2D eigenvalue weighted by Crippen LogP contribution is -2.52. The van der Waals surface area contributed by atoms with Crippen molar-refractivity contribution in [2.45, 2.75) is 72.1 Å². The zero-order valence-corrected chi connectivity index (χ0v) is 18.4. The highest BCUT2D eigenvalue weighted by atomic mass is 32.1. The largest absolute Gasteiger partial charge is 0.462 e. The van der Waals surface area contributed by atoms with E-state index in [1.54, 1.807) is 6.92 Å². The summed E-state index contributed by atoms with van der Waals surface area (Å²) in [5, 5.41) is 3.69. The maximum absolute atomic E-state index is 13.0. The number of esters is 1. The SMILES string of the molecule is CCOC(=O)c1c(NC(=O)[C@H](C)N2C[C@@H](C)O[C@@H](C)C2)sc2c1CC[C@@H](C)C2. The Labute approximate surface area is 171 Å². The number of rotatable bonds is 5. The number of carbonyl (C=O) groups excluding carboxylic acids is 2. The Kier molecular flexibility index (Phi) is 6.78. The lowest BCUT2D eigenvalue weighted by molar-refractivity contribution is -0.126. The number of thiophene rings is 1. The summed E-state index contributed by atoms with van der Waals surface area (Å²) >= 11 is 1.54. The Hall–Kier alpha value is -1.44. The molecule has 28 heavy (non-hydrogen) atoms. The predicted octanol–water partition coefficient (Wildman–Crippen LogP) is 3.49. The first-order chi connectivity index (χ1) is 13.3. The van der Waals surface area contributed by atoms with Crippen molar-refractivity contribution in [1.29, 1.82) is 0 Å². The van der Waals surface area contributed by atoms with Gasteiger partial charge in [0.05, 0.1) is 30.4 Å². The first kappa shape index (κ1) is 21.3. The average Bonchev–Trinajstić information content (AvgIpc) is 2.97. The van der Waals surface area contributed by atoms with E-state index in [1.807, 2.05) is 20.8 Å². The second-order valence-electron chi connectivity index (χ2n) is 8.15. The quantitative estimate of drug-likeness (QED) is 0.756. The molecule has 6 nitrogen and oxygen atoms in total. The summed E-state index contributed by atoms with van der Waals surface area (Å²) in [6.45, 7) is 11.8. The molecular weight excluding hydrogens is 376 g/mol. The maximum atomic E-state index is 13.0. The van der Waals surface area contributed by atoms with Crippen LogP contribution in [0.2, 0.25) is 0 Å². The molecule has 4 atom stereocenters. The Morgan fingerprint density at radius 1 is 1.29 bits per heavy atom. The van der Waals surface area contributed by atoms with Gasteiger partial charge in [-0.15, -0.1) is 11.3 Å². The van der Waals surface area contributed by atoms with Crippen LogP contribution in [-0.2, 0) is 27.1 Å². The molecule has 0 radical (unpaired) electrons. The van der Waals surface area contributed by atoms with Crippen LogP contribution in [0.5, 0.6) is 0 Å². The van der Waals surface area contributed by atoms with Crippen LogP contribution in [-0.4, -0.2) is 54.7 Å². The molecule has 1 aliphatic heterocycles. The third-order valence-electron chi connectivity index (χ3n) is 5.60. The first-order valence-corrected chi connectivity index (χ1v) is 11.1. The summed E-state index contributed by atoms with van der Waals surface area (Å²) in [4.78, 5) is 29.0. The lowest BCUT2D eigenvalue weighted by atomic mass is 9.88. The van der Waals surface area contributed by atoms with Gasteiger partial charge in [-0.05, 0) is 58.4 Å². The minimum atomic E-state index is -0.328. The number of nitrogens with zero attached hydrogens (tertiary/aromatic N) is 1. The highest BCUT2D eigenvalue weighted by molar-refractivity contribution is 7.17. The number of amides is 1. The van der Waals surface area contributed by atoms with E-state index in [1.165, 1.54) is 16.2 Å². The standard InChI is InChI=1S/C21H32N2O4S/c1-6-26-21(25)18-16-8-7-12(2)9-17(16)28-20(18)22-19(24)15(5)23-10-13(3)27-14(4)11-23/h12-15H,6-11H2,1-5H3,(H,22,24)/t12-,13-,14+,15+/m1/s1. The van der Waals surface area contributed by atoms with E-state index < -0.39 is 0 Å². The lowest BCUT2D eigenvalue weighted by Gasteiger charge is -2.38. The number of anilines is 1. The number of hydrogen-bond acceptors (Lipinski definition) is 6. The molecule has 3 rings (SSSR count). The topological polar surface area (TPSA) is 67.9 Å². The van der Waals surface area contributed by atoms with Crippen molar-refractivity contribution in [3.05, 3.63) is 16.0 Å². The molecule has 1 aromatic rings. The molecule has 1 saturated heterocycles. The molecule has 1 aliphatic carbocycles. The van der Waals surface area contributed by atoms with Crippen LogP contribution in [0.15, 0.2) is 0 Å². The van der Waals surface area contributed by atoms with E-state index in [-0.39, 0.29) is 30.1 Å². The molecule has 1 amide bonds. The van der Waals surface area contributed by atoms with E-state index in [4.69, 9.17) is 9.47 Å².